The van der Waals surface area contributed by atoms with Crippen molar-refractivity contribution in [2.45, 2.75) is 26.7 Å². The summed E-state index contributed by atoms with van der Waals surface area (Å²) in [5.41, 5.74) is 6.68. The minimum absolute atomic E-state index is 0. The lowest BCUT2D eigenvalue weighted by Crippen LogP contribution is -2.22. The number of methoxy groups -OCH3 is 2. The maximum Gasteiger partial charge on any atom is 0.193 e. The fourth-order valence-corrected chi connectivity index (χ4v) is 1.80. The molecule has 0 saturated heterocycles. The Morgan fingerprint density at radius 2 is 1.90 bits per heavy atom. The summed E-state index contributed by atoms with van der Waals surface area (Å²) in [6.45, 7) is 5.15. The molecule has 120 valence electrons. The lowest BCUT2D eigenvalue weighted by Gasteiger charge is -2.11. The number of nitrogens with zero attached hydrogens (tertiary/aromatic N) is 1. The number of anilines is 1. The molecule has 0 aliphatic rings. The Morgan fingerprint density at radius 1 is 1.24 bits per heavy atom. The van der Waals surface area contributed by atoms with Crippen molar-refractivity contribution >= 4 is 35.6 Å². The van der Waals surface area contributed by atoms with Gasteiger partial charge in [0.1, 0.15) is 0 Å². The van der Waals surface area contributed by atoms with Crippen LogP contribution in [0.15, 0.2) is 23.2 Å². The molecule has 0 aromatic heterocycles. The van der Waals surface area contributed by atoms with Gasteiger partial charge >= 0.3 is 0 Å². The lowest BCUT2D eigenvalue weighted by molar-refractivity contribution is 0.355. The summed E-state index contributed by atoms with van der Waals surface area (Å²) in [5.74, 6) is 2.46. The molecule has 3 N–H and O–H groups in total. The maximum atomic E-state index is 5.85. The number of nitrogens with two attached hydrogens (primary N) is 1. The third kappa shape index (κ3) is 7.40. The zero-order chi connectivity index (χ0) is 15.0. The second kappa shape index (κ2) is 10.5. The molecule has 0 spiro atoms. The number of benzene rings is 1. The van der Waals surface area contributed by atoms with Crippen LogP contribution in [0.3, 0.4) is 0 Å². The molecule has 0 radical (unpaired) electrons. The van der Waals surface area contributed by atoms with Gasteiger partial charge in [0, 0.05) is 18.3 Å². The van der Waals surface area contributed by atoms with E-state index in [1.807, 2.05) is 18.2 Å². The fourth-order valence-electron chi connectivity index (χ4n) is 1.80. The Bertz CT molecular complexity index is 451. The van der Waals surface area contributed by atoms with Gasteiger partial charge < -0.3 is 20.5 Å². The summed E-state index contributed by atoms with van der Waals surface area (Å²) in [4.78, 5) is 4.30. The molecule has 21 heavy (non-hydrogen) atoms. The van der Waals surface area contributed by atoms with Crippen LogP contribution in [-0.2, 0) is 0 Å². The SMILES string of the molecule is COc1ccc(NC(N)=NCCCC(C)C)cc1OC.I. The molecule has 1 rings (SSSR count). The highest BCUT2D eigenvalue weighted by Crippen LogP contribution is 2.29. The molecule has 0 amide bonds. The van der Waals surface area contributed by atoms with E-state index in [0.717, 1.165) is 25.1 Å². The van der Waals surface area contributed by atoms with Crippen molar-refractivity contribution in [2.24, 2.45) is 16.6 Å². The zero-order valence-corrected chi connectivity index (χ0v) is 15.5. The molecule has 0 bridgehead atoms. The summed E-state index contributed by atoms with van der Waals surface area (Å²) < 4.78 is 10.4. The predicted molar refractivity (Wildman–Crippen MR) is 99.1 cm³/mol. The third-order valence-corrected chi connectivity index (χ3v) is 2.88. The Morgan fingerprint density at radius 3 is 2.48 bits per heavy atom. The van der Waals surface area contributed by atoms with Crippen LogP contribution in [0, 0.1) is 5.92 Å². The molecule has 0 atom stereocenters. The van der Waals surface area contributed by atoms with Crippen molar-refractivity contribution in [1.82, 2.24) is 0 Å². The number of guanidine groups is 1. The number of halogens is 1. The first-order valence-electron chi connectivity index (χ1n) is 6.85. The summed E-state index contributed by atoms with van der Waals surface area (Å²) in [5, 5.41) is 3.05. The van der Waals surface area contributed by atoms with Crippen LogP contribution < -0.4 is 20.5 Å². The number of nitrogens with one attached hydrogen (secondary N) is 1. The molecule has 0 aliphatic carbocycles. The van der Waals surface area contributed by atoms with Gasteiger partial charge in [-0.15, -0.1) is 24.0 Å². The number of rotatable bonds is 7. The van der Waals surface area contributed by atoms with Gasteiger partial charge in [0.2, 0.25) is 0 Å². The topological polar surface area (TPSA) is 68.9 Å². The van der Waals surface area contributed by atoms with E-state index in [0.29, 0.717) is 23.4 Å². The Kier molecular flexibility index (Phi) is 9.94. The van der Waals surface area contributed by atoms with Crippen molar-refractivity contribution in [2.75, 3.05) is 26.1 Å². The van der Waals surface area contributed by atoms with Crippen LogP contribution in [-0.4, -0.2) is 26.7 Å². The molecule has 0 fully saturated rings. The van der Waals surface area contributed by atoms with E-state index in [1.54, 1.807) is 14.2 Å². The van der Waals surface area contributed by atoms with Crippen molar-refractivity contribution in [1.29, 1.82) is 0 Å². The van der Waals surface area contributed by atoms with Crippen LogP contribution in [0.4, 0.5) is 5.69 Å². The molecule has 6 heteroatoms. The highest BCUT2D eigenvalue weighted by atomic mass is 127. The molecule has 0 unspecified atom stereocenters. The lowest BCUT2D eigenvalue weighted by atomic mass is 10.1. The van der Waals surface area contributed by atoms with Crippen LogP contribution in [0.25, 0.3) is 0 Å². The molecule has 0 aliphatic heterocycles. The average Bonchev–Trinajstić information content (AvgIpc) is 2.43. The molecule has 1 aromatic carbocycles. The summed E-state index contributed by atoms with van der Waals surface area (Å²) in [6, 6.07) is 5.53. The van der Waals surface area contributed by atoms with E-state index in [1.165, 1.54) is 0 Å². The number of ether oxygens (including phenoxy) is 2. The number of aliphatic imine (C=N–C) groups is 1. The molecule has 1 aromatic rings. The predicted octanol–water partition coefficient (Wildman–Crippen LogP) is 3.48. The van der Waals surface area contributed by atoms with E-state index in [-0.39, 0.29) is 24.0 Å². The van der Waals surface area contributed by atoms with Crippen molar-refractivity contribution in [3.63, 3.8) is 0 Å². The van der Waals surface area contributed by atoms with Gasteiger partial charge in [-0.05, 0) is 30.9 Å². The first-order valence-corrected chi connectivity index (χ1v) is 6.85. The van der Waals surface area contributed by atoms with E-state index < -0.39 is 0 Å². The van der Waals surface area contributed by atoms with Crippen molar-refractivity contribution in [3.05, 3.63) is 18.2 Å². The highest BCUT2D eigenvalue weighted by molar-refractivity contribution is 14.0. The molecular formula is C15H26IN3O2. The fraction of sp³-hybridized carbons (Fsp3) is 0.533. The van der Waals surface area contributed by atoms with Crippen LogP contribution in [0.1, 0.15) is 26.7 Å². The van der Waals surface area contributed by atoms with Gasteiger partial charge in [0.05, 0.1) is 14.2 Å². The van der Waals surface area contributed by atoms with Gasteiger partial charge in [-0.2, -0.15) is 0 Å². The standard InChI is InChI=1S/C15H25N3O2.HI/c1-11(2)6-5-9-17-15(16)18-12-7-8-13(19-3)14(10-12)20-4;/h7-8,10-11H,5-6,9H2,1-4H3,(H3,16,17,18);1H. The van der Waals surface area contributed by atoms with Gasteiger partial charge in [-0.1, -0.05) is 13.8 Å². The smallest absolute Gasteiger partial charge is 0.193 e. The molecule has 0 saturated carbocycles. The Labute approximate surface area is 144 Å². The van der Waals surface area contributed by atoms with E-state index in [2.05, 4.69) is 24.2 Å². The van der Waals surface area contributed by atoms with E-state index in [9.17, 15) is 0 Å². The van der Waals surface area contributed by atoms with Gasteiger partial charge in [-0.25, -0.2) is 0 Å². The summed E-state index contributed by atoms with van der Waals surface area (Å²) in [7, 11) is 3.21. The Balaban J connectivity index is 0.00000400. The average molecular weight is 407 g/mol. The van der Waals surface area contributed by atoms with E-state index >= 15 is 0 Å². The molecule has 0 heterocycles. The largest absolute Gasteiger partial charge is 0.493 e. The van der Waals surface area contributed by atoms with Gasteiger partial charge in [0.15, 0.2) is 17.5 Å². The summed E-state index contributed by atoms with van der Waals surface area (Å²) in [6.07, 6.45) is 2.21. The van der Waals surface area contributed by atoms with Crippen molar-refractivity contribution < 1.29 is 9.47 Å². The number of hydrogen-bond acceptors (Lipinski definition) is 3. The maximum absolute atomic E-state index is 5.85. The van der Waals surface area contributed by atoms with Crippen LogP contribution in [0.5, 0.6) is 11.5 Å². The quantitative estimate of drug-likeness (QED) is 0.314. The van der Waals surface area contributed by atoms with Gasteiger partial charge in [0.25, 0.3) is 0 Å². The second-order valence-electron chi connectivity index (χ2n) is 5.00. The normalized spacial score (nSPS) is 11.0. The monoisotopic (exact) mass is 407 g/mol. The molecule has 5 nitrogen and oxygen atoms in total. The Hall–Kier alpha value is -1.18. The summed E-state index contributed by atoms with van der Waals surface area (Å²) >= 11 is 0. The zero-order valence-electron chi connectivity index (χ0n) is 13.2. The minimum Gasteiger partial charge on any atom is -0.493 e. The number of hydrogen-bond donors (Lipinski definition) is 2. The third-order valence-electron chi connectivity index (χ3n) is 2.88. The second-order valence-corrected chi connectivity index (χ2v) is 5.00. The highest BCUT2D eigenvalue weighted by Gasteiger charge is 2.04. The van der Waals surface area contributed by atoms with Gasteiger partial charge in [-0.3, -0.25) is 4.99 Å². The van der Waals surface area contributed by atoms with Crippen LogP contribution in [0.2, 0.25) is 0 Å². The minimum atomic E-state index is 0. The van der Waals surface area contributed by atoms with Crippen LogP contribution >= 0.6 is 24.0 Å². The molecular weight excluding hydrogens is 381 g/mol. The first-order chi connectivity index (χ1) is 9.56. The van der Waals surface area contributed by atoms with E-state index in [4.69, 9.17) is 15.2 Å². The van der Waals surface area contributed by atoms with Crippen molar-refractivity contribution in [3.8, 4) is 11.5 Å². The first kappa shape index (κ1) is 19.8.